The fourth-order valence-electron chi connectivity index (χ4n) is 2.25. The molecule has 0 spiro atoms. The smallest absolute Gasteiger partial charge is 0.0626 e. The van der Waals surface area contributed by atoms with Crippen LogP contribution >= 0.6 is 0 Å². The van der Waals surface area contributed by atoms with E-state index in [1.165, 1.54) is 64.2 Å². The number of unbranched alkanes of at least 4 members (excludes halogenated alkanes) is 9. The van der Waals surface area contributed by atoms with Crippen LogP contribution in [0.15, 0.2) is 30.5 Å². The number of rotatable bonds is 11. The average Bonchev–Trinajstić information content (AvgIpc) is 2.46. The van der Waals surface area contributed by atoms with E-state index in [1.807, 2.05) is 24.4 Å². The van der Waals surface area contributed by atoms with Crippen molar-refractivity contribution in [3.63, 3.8) is 0 Å². The number of nitrogens with zero attached hydrogens (tertiary/aromatic N) is 1. The first-order valence-electron chi connectivity index (χ1n) is 8.01. The predicted molar refractivity (Wildman–Crippen MR) is 85.1 cm³/mol. The van der Waals surface area contributed by atoms with Crippen LogP contribution in [0.25, 0.3) is 6.08 Å². The van der Waals surface area contributed by atoms with Gasteiger partial charge in [0.25, 0.3) is 0 Å². The van der Waals surface area contributed by atoms with Gasteiger partial charge in [-0.05, 0) is 31.1 Å². The fourth-order valence-corrected chi connectivity index (χ4v) is 2.25. The van der Waals surface area contributed by atoms with Crippen LogP contribution in [-0.4, -0.2) is 4.98 Å². The molecule has 0 aliphatic heterocycles. The number of hydrogen-bond donors (Lipinski definition) is 0. The topological polar surface area (TPSA) is 12.9 Å². The van der Waals surface area contributed by atoms with Crippen LogP contribution in [0, 0.1) is 0 Å². The van der Waals surface area contributed by atoms with Gasteiger partial charge >= 0.3 is 0 Å². The lowest BCUT2D eigenvalue weighted by atomic mass is 10.1. The highest BCUT2D eigenvalue weighted by atomic mass is 14.6. The van der Waals surface area contributed by atoms with E-state index < -0.39 is 0 Å². The third-order valence-corrected chi connectivity index (χ3v) is 3.45. The van der Waals surface area contributed by atoms with Gasteiger partial charge in [-0.25, -0.2) is 0 Å². The van der Waals surface area contributed by atoms with Crippen LogP contribution < -0.4 is 0 Å². The van der Waals surface area contributed by atoms with Crippen molar-refractivity contribution in [2.75, 3.05) is 0 Å². The highest BCUT2D eigenvalue weighted by Crippen LogP contribution is 2.11. The molecule has 0 bridgehead atoms. The van der Waals surface area contributed by atoms with Crippen molar-refractivity contribution < 1.29 is 0 Å². The fraction of sp³-hybridized carbons (Fsp3) is 0.611. The SMILES string of the molecule is CCCCCCCCCCC/C=C/c1ccccn1. The minimum Gasteiger partial charge on any atom is -0.257 e. The Hall–Kier alpha value is -1.11. The molecule has 0 aliphatic carbocycles. The first-order chi connectivity index (χ1) is 9.43. The highest BCUT2D eigenvalue weighted by molar-refractivity contribution is 5.43. The largest absolute Gasteiger partial charge is 0.257 e. The van der Waals surface area contributed by atoms with Gasteiger partial charge in [0.1, 0.15) is 0 Å². The first kappa shape index (κ1) is 15.9. The molecule has 106 valence electrons. The second kappa shape index (κ2) is 12.0. The Labute approximate surface area is 119 Å². The van der Waals surface area contributed by atoms with Crippen molar-refractivity contribution in [1.29, 1.82) is 0 Å². The second-order valence-corrected chi connectivity index (χ2v) is 5.27. The standard InChI is InChI=1S/C18H29N/c1-2-3-4-5-6-7-8-9-10-11-12-15-18-16-13-14-17-19-18/h12-17H,2-11H2,1H3/b15-12+. The summed E-state index contributed by atoms with van der Waals surface area (Å²) in [4.78, 5) is 4.27. The van der Waals surface area contributed by atoms with E-state index in [0.717, 1.165) is 5.69 Å². The van der Waals surface area contributed by atoms with Crippen LogP contribution in [0.2, 0.25) is 0 Å². The second-order valence-electron chi connectivity index (χ2n) is 5.27. The van der Waals surface area contributed by atoms with E-state index in [0.29, 0.717) is 0 Å². The molecule has 0 aliphatic rings. The van der Waals surface area contributed by atoms with Gasteiger partial charge in [0.05, 0.1) is 5.69 Å². The Balaban J connectivity index is 1.87. The third kappa shape index (κ3) is 9.47. The van der Waals surface area contributed by atoms with E-state index in [2.05, 4.69) is 24.1 Å². The molecule has 0 unspecified atom stereocenters. The maximum absolute atomic E-state index is 4.27. The van der Waals surface area contributed by atoms with Gasteiger partial charge in [0.2, 0.25) is 0 Å². The van der Waals surface area contributed by atoms with Crippen molar-refractivity contribution >= 4 is 6.08 Å². The average molecular weight is 259 g/mol. The summed E-state index contributed by atoms with van der Waals surface area (Å²) in [6.07, 6.45) is 20.0. The Bertz CT molecular complexity index is 316. The highest BCUT2D eigenvalue weighted by Gasteiger charge is 1.91. The molecular formula is C18H29N. The minimum atomic E-state index is 1.07. The zero-order valence-electron chi connectivity index (χ0n) is 12.5. The van der Waals surface area contributed by atoms with Crippen molar-refractivity contribution in [3.05, 3.63) is 36.2 Å². The van der Waals surface area contributed by atoms with E-state index >= 15 is 0 Å². The van der Waals surface area contributed by atoms with Gasteiger partial charge in [-0.2, -0.15) is 0 Å². The molecule has 0 fully saturated rings. The quantitative estimate of drug-likeness (QED) is 0.443. The zero-order chi connectivity index (χ0) is 13.6. The maximum Gasteiger partial charge on any atom is 0.0626 e. The lowest BCUT2D eigenvalue weighted by molar-refractivity contribution is 0.566. The molecule has 0 saturated carbocycles. The summed E-state index contributed by atoms with van der Waals surface area (Å²) in [6, 6.07) is 6.04. The summed E-state index contributed by atoms with van der Waals surface area (Å²) >= 11 is 0. The van der Waals surface area contributed by atoms with Crippen molar-refractivity contribution in [1.82, 2.24) is 4.98 Å². The van der Waals surface area contributed by atoms with Gasteiger partial charge in [-0.15, -0.1) is 0 Å². The molecule has 0 N–H and O–H groups in total. The number of allylic oxidation sites excluding steroid dienone is 1. The lowest BCUT2D eigenvalue weighted by Crippen LogP contribution is -1.81. The van der Waals surface area contributed by atoms with Gasteiger partial charge in [0, 0.05) is 6.20 Å². The van der Waals surface area contributed by atoms with Crippen LogP contribution in [0.1, 0.15) is 76.8 Å². The summed E-state index contributed by atoms with van der Waals surface area (Å²) in [5.74, 6) is 0. The summed E-state index contributed by atoms with van der Waals surface area (Å²) in [5, 5.41) is 0. The molecule has 1 nitrogen and oxygen atoms in total. The van der Waals surface area contributed by atoms with Crippen LogP contribution in [0.5, 0.6) is 0 Å². The summed E-state index contributed by atoms with van der Waals surface area (Å²) in [5.41, 5.74) is 1.07. The van der Waals surface area contributed by atoms with Gasteiger partial charge < -0.3 is 0 Å². The molecule has 1 heteroatoms. The van der Waals surface area contributed by atoms with E-state index in [1.54, 1.807) is 0 Å². The normalized spacial score (nSPS) is 11.2. The Morgan fingerprint density at radius 2 is 1.58 bits per heavy atom. The molecule has 0 radical (unpaired) electrons. The van der Waals surface area contributed by atoms with Gasteiger partial charge in [-0.1, -0.05) is 70.4 Å². The molecule has 0 amide bonds. The van der Waals surface area contributed by atoms with Crippen molar-refractivity contribution in [3.8, 4) is 0 Å². The third-order valence-electron chi connectivity index (χ3n) is 3.45. The molecule has 1 rings (SSSR count). The van der Waals surface area contributed by atoms with Crippen LogP contribution in [0.4, 0.5) is 0 Å². The molecular weight excluding hydrogens is 230 g/mol. The zero-order valence-corrected chi connectivity index (χ0v) is 12.5. The monoisotopic (exact) mass is 259 g/mol. The molecule has 1 heterocycles. The van der Waals surface area contributed by atoms with E-state index in [-0.39, 0.29) is 0 Å². The number of pyridine rings is 1. The van der Waals surface area contributed by atoms with Gasteiger partial charge in [-0.3, -0.25) is 4.98 Å². The predicted octanol–water partition coefficient (Wildman–Crippen LogP) is 6.02. The summed E-state index contributed by atoms with van der Waals surface area (Å²) in [6.45, 7) is 2.28. The summed E-state index contributed by atoms with van der Waals surface area (Å²) in [7, 11) is 0. The minimum absolute atomic E-state index is 1.07. The van der Waals surface area contributed by atoms with Gasteiger partial charge in [0.15, 0.2) is 0 Å². The number of hydrogen-bond acceptors (Lipinski definition) is 1. The maximum atomic E-state index is 4.27. The van der Waals surface area contributed by atoms with E-state index in [9.17, 15) is 0 Å². The van der Waals surface area contributed by atoms with Crippen molar-refractivity contribution in [2.45, 2.75) is 71.1 Å². The first-order valence-corrected chi connectivity index (χ1v) is 8.01. The molecule has 1 aromatic rings. The Morgan fingerprint density at radius 1 is 0.895 bits per heavy atom. The number of aromatic nitrogens is 1. The Morgan fingerprint density at radius 3 is 2.21 bits per heavy atom. The molecule has 19 heavy (non-hydrogen) atoms. The lowest BCUT2D eigenvalue weighted by Gasteiger charge is -2.00. The molecule has 1 aromatic heterocycles. The summed E-state index contributed by atoms with van der Waals surface area (Å²) < 4.78 is 0. The van der Waals surface area contributed by atoms with Crippen LogP contribution in [0.3, 0.4) is 0 Å². The molecule has 0 aromatic carbocycles. The van der Waals surface area contributed by atoms with Crippen molar-refractivity contribution in [2.24, 2.45) is 0 Å². The molecule has 0 saturated heterocycles. The van der Waals surface area contributed by atoms with E-state index in [4.69, 9.17) is 0 Å². The van der Waals surface area contributed by atoms with Crippen LogP contribution in [-0.2, 0) is 0 Å². The molecule has 0 atom stereocenters. The Kier molecular flexibility index (Phi) is 10.0.